The lowest BCUT2D eigenvalue weighted by atomic mass is 10.1. The van der Waals surface area contributed by atoms with Gasteiger partial charge in [-0.05, 0) is 29.5 Å². The van der Waals surface area contributed by atoms with Gasteiger partial charge in [-0.3, -0.25) is 14.9 Å². The van der Waals surface area contributed by atoms with Crippen LogP contribution in [-0.4, -0.2) is 15.7 Å². The van der Waals surface area contributed by atoms with Crippen molar-refractivity contribution < 1.29 is 9.59 Å². The molecule has 24 heavy (non-hydrogen) atoms. The number of hydrogen-bond donors (Lipinski definition) is 1. The molecular weight excluding hydrogens is 320 g/mol. The summed E-state index contributed by atoms with van der Waals surface area (Å²) in [6, 6.07) is 18.3. The monoisotopic (exact) mass is 334 g/mol. The van der Waals surface area contributed by atoms with Gasteiger partial charge < -0.3 is 4.57 Å². The number of aromatic nitrogens is 1. The van der Waals surface area contributed by atoms with Gasteiger partial charge in [-0.2, -0.15) is 0 Å². The lowest BCUT2D eigenvalue weighted by Gasteiger charge is -2.05. The van der Waals surface area contributed by atoms with Gasteiger partial charge in [-0.15, -0.1) is 0 Å². The Kier molecular flexibility index (Phi) is 3.70. The summed E-state index contributed by atoms with van der Waals surface area (Å²) in [5.74, 6) is -0.329. The minimum Gasteiger partial charge on any atom is -0.342 e. The average Bonchev–Trinajstić information content (AvgIpc) is 3.09. The molecular formula is C19H14N2O2S. The predicted octanol–water partition coefficient (Wildman–Crippen LogP) is 4.01. The summed E-state index contributed by atoms with van der Waals surface area (Å²) in [7, 11) is 0. The molecule has 118 valence electrons. The molecule has 1 aromatic heterocycles. The van der Waals surface area contributed by atoms with Crippen molar-refractivity contribution in [3.8, 4) is 0 Å². The van der Waals surface area contributed by atoms with Gasteiger partial charge in [0.1, 0.15) is 0 Å². The highest BCUT2D eigenvalue weighted by atomic mass is 32.2. The molecule has 4 nitrogen and oxygen atoms in total. The van der Waals surface area contributed by atoms with Gasteiger partial charge in [0, 0.05) is 29.2 Å². The largest absolute Gasteiger partial charge is 0.342 e. The van der Waals surface area contributed by atoms with E-state index in [1.54, 1.807) is 6.08 Å². The van der Waals surface area contributed by atoms with Gasteiger partial charge in [-0.1, -0.05) is 48.5 Å². The molecule has 5 heteroatoms. The number of hydrogen-bond acceptors (Lipinski definition) is 3. The van der Waals surface area contributed by atoms with Crippen LogP contribution in [0.15, 0.2) is 65.7 Å². The summed E-state index contributed by atoms with van der Waals surface area (Å²) < 4.78 is 2.16. The molecule has 0 aliphatic carbocycles. The van der Waals surface area contributed by atoms with Crippen molar-refractivity contribution in [3.63, 3.8) is 0 Å². The highest BCUT2D eigenvalue weighted by Crippen LogP contribution is 2.30. The zero-order chi connectivity index (χ0) is 16.5. The van der Waals surface area contributed by atoms with Crippen LogP contribution < -0.4 is 5.32 Å². The first-order valence-electron chi connectivity index (χ1n) is 7.57. The molecule has 0 spiro atoms. The Morgan fingerprint density at radius 1 is 1.00 bits per heavy atom. The number of nitrogens with one attached hydrogen (secondary N) is 1. The predicted molar refractivity (Wildman–Crippen MR) is 96.6 cm³/mol. The summed E-state index contributed by atoms with van der Waals surface area (Å²) in [4.78, 5) is 23.6. The van der Waals surface area contributed by atoms with E-state index in [2.05, 4.69) is 28.1 Å². The summed E-state index contributed by atoms with van der Waals surface area (Å²) in [6.45, 7) is 0.753. The lowest BCUT2D eigenvalue weighted by Crippen LogP contribution is -2.17. The normalized spacial score (nSPS) is 16.1. The molecule has 1 aliphatic rings. The van der Waals surface area contributed by atoms with E-state index in [1.807, 2.05) is 42.6 Å². The molecule has 4 rings (SSSR count). The van der Waals surface area contributed by atoms with E-state index >= 15 is 0 Å². The summed E-state index contributed by atoms with van der Waals surface area (Å²) in [6.07, 6.45) is 3.82. The number of thioether (sulfide) groups is 1. The minimum absolute atomic E-state index is 0.320. The molecule has 1 aliphatic heterocycles. The number of carbonyl (C=O) groups is 2. The van der Waals surface area contributed by atoms with E-state index in [1.165, 1.54) is 5.56 Å². The van der Waals surface area contributed by atoms with E-state index in [0.29, 0.717) is 4.91 Å². The fourth-order valence-electron chi connectivity index (χ4n) is 2.86. The van der Waals surface area contributed by atoms with Crippen LogP contribution in [0.5, 0.6) is 0 Å². The summed E-state index contributed by atoms with van der Waals surface area (Å²) >= 11 is 0.943. The van der Waals surface area contributed by atoms with E-state index < -0.39 is 0 Å². The Morgan fingerprint density at radius 2 is 1.75 bits per heavy atom. The third-order valence-electron chi connectivity index (χ3n) is 3.94. The van der Waals surface area contributed by atoms with E-state index in [0.717, 1.165) is 34.8 Å². The molecule has 0 atom stereocenters. The van der Waals surface area contributed by atoms with Gasteiger partial charge in [0.15, 0.2) is 0 Å². The minimum atomic E-state index is -0.329. The fraction of sp³-hybridized carbons (Fsp3) is 0.0526. The van der Waals surface area contributed by atoms with Crippen LogP contribution >= 0.6 is 11.8 Å². The smallest absolute Gasteiger partial charge is 0.290 e. The van der Waals surface area contributed by atoms with Crippen molar-refractivity contribution in [1.29, 1.82) is 0 Å². The Morgan fingerprint density at radius 3 is 2.50 bits per heavy atom. The quantitative estimate of drug-likeness (QED) is 0.736. The van der Waals surface area contributed by atoms with Crippen LogP contribution in [0.1, 0.15) is 11.1 Å². The average molecular weight is 334 g/mol. The number of nitrogens with zero attached hydrogens (tertiary/aromatic N) is 1. The zero-order valence-corrected chi connectivity index (χ0v) is 13.5. The number of imide groups is 1. The molecule has 3 aromatic rings. The molecule has 2 amide bonds. The van der Waals surface area contributed by atoms with Gasteiger partial charge in [0.2, 0.25) is 0 Å². The maximum absolute atomic E-state index is 11.8. The van der Waals surface area contributed by atoms with Crippen molar-refractivity contribution in [2.45, 2.75) is 6.54 Å². The van der Waals surface area contributed by atoms with Crippen LogP contribution in [0.25, 0.3) is 17.0 Å². The second-order valence-corrected chi connectivity index (χ2v) is 6.58. The van der Waals surface area contributed by atoms with Crippen LogP contribution in [0, 0.1) is 0 Å². The van der Waals surface area contributed by atoms with Crippen molar-refractivity contribution in [1.82, 2.24) is 9.88 Å². The molecule has 1 saturated heterocycles. The molecule has 1 N–H and O–H groups in total. The van der Waals surface area contributed by atoms with Crippen LogP contribution in [0.4, 0.5) is 4.79 Å². The third kappa shape index (κ3) is 2.74. The first-order chi connectivity index (χ1) is 11.7. The second kappa shape index (κ2) is 6.02. The first kappa shape index (κ1) is 14.8. The summed E-state index contributed by atoms with van der Waals surface area (Å²) in [5, 5.41) is 3.04. The van der Waals surface area contributed by atoms with Crippen molar-refractivity contribution in [2.75, 3.05) is 0 Å². The van der Waals surface area contributed by atoms with Crippen LogP contribution in [-0.2, 0) is 11.3 Å². The van der Waals surface area contributed by atoms with Gasteiger partial charge in [-0.25, -0.2) is 0 Å². The lowest BCUT2D eigenvalue weighted by molar-refractivity contribution is -0.115. The summed E-state index contributed by atoms with van der Waals surface area (Å²) in [5.41, 5.74) is 3.25. The molecule has 2 aromatic carbocycles. The van der Waals surface area contributed by atoms with Crippen LogP contribution in [0.3, 0.4) is 0 Å². The Hall–Kier alpha value is -2.79. The van der Waals surface area contributed by atoms with Crippen molar-refractivity contribution in [2.24, 2.45) is 0 Å². The molecule has 2 heterocycles. The van der Waals surface area contributed by atoms with E-state index in [9.17, 15) is 9.59 Å². The highest BCUT2D eigenvalue weighted by Gasteiger charge is 2.25. The Labute approximate surface area is 143 Å². The number of benzene rings is 2. The first-order valence-corrected chi connectivity index (χ1v) is 8.39. The third-order valence-corrected chi connectivity index (χ3v) is 4.75. The van der Waals surface area contributed by atoms with Gasteiger partial charge in [0.05, 0.1) is 4.91 Å². The molecule has 0 bridgehead atoms. The molecule has 1 fully saturated rings. The topological polar surface area (TPSA) is 51.1 Å². The van der Waals surface area contributed by atoms with Crippen LogP contribution in [0.2, 0.25) is 0 Å². The Balaban J connectivity index is 1.78. The fourth-order valence-corrected chi connectivity index (χ4v) is 3.54. The highest BCUT2D eigenvalue weighted by molar-refractivity contribution is 8.18. The van der Waals surface area contributed by atoms with E-state index in [-0.39, 0.29) is 11.1 Å². The number of amides is 2. The van der Waals surface area contributed by atoms with E-state index in [4.69, 9.17) is 0 Å². The molecule has 0 unspecified atom stereocenters. The number of carbonyl (C=O) groups excluding carboxylic acids is 2. The van der Waals surface area contributed by atoms with Gasteiger partial charge >= 0.3 is 0 Å². The zero-order valence-electron chi connectivity index (χ0n) is 12.7. The second-order valence-electron chi connectivity index (χ2n) is 5.57. The standard InChI is InChI=1S/C19H14N2O2S/c22-18-17(24-19(23)20-18)10-14-12-21(11-13-6-2-1-3-7-13)16-9-5-4-8-15(14)16/h1-10,12H,11H2,(H,20,22,23)/b17-10-. The number of para-hydroxylation sites is 1. The van der Waals surface area contributed by atoms with Gasteiger partial charge in [0.25, 0.3) is 11.1 Å². The van der Waals surface area contributed by atoms with Crippen molar-refractivity contribution >= 4 is 39.9 Å². The number of fused-ring (bicyclic) bond motifs is 1. The maximum Gasteiger partial charge on any atom is 0.290 e. The SMILES string of the molecule is O=C1NC(=O)/C(=C/c2cn(Cc3ccccc3)c3ccccc23)S1. The maximum atomic E-state index is 11.8. The molecule has 0 saturated carbocycles. The molecule has 0 radical (unpaired) electrons. The van der Waals surface area contributed by atoms with Crippen molar-refractivity contribution in [3.05, 3.63) is 76.8 Å². The Bertz CT molecular complexity index is 973. The number of rotatable bonds is 3.